The quantitative estimate of drug-likeness (QED) is 0.561. The van der Waals surface area contributed by atoms with Crippen molar-refractivity contribution >= 4 is 5.78 Å². The van der Waals surface area contributed by atoms with E-state index in [1.165, 1.54) is 5.56 Å². The summed E-state index contributed by atoms with van der Waals surface area (Å²) in [4.78, 5) is 12.0. The molecule has 1 aromatic rings. The maximum absolute atomic E-state index is 12.0. The molecule has 1 aromatic carbocycles. The number of hydrogen-bond donors (Lipinski definition) is 0. The first-order valence-corrected chi connectivity index (χ1v) is 5.40. The highest BCUT2D eigenvalue weighted by atomic mass is 16.5. The number of Topliss-reactive ketones (excluding diaryl/α,β-unsaturated/α-hetero) is 1. The predicted molar refractivity (Wildman–Crippen MR) is 65.9 cm³/mol. The van der Waals surface area contributed by atoms with Gasteiger partial charge in [-0.25, -0.2) is 0 Å². The predicted octanol–water partition coefficient (Wildman–Crippen LogP) is 3.08. The van der Waals surface area contributed by atoms with Crippen molar-refractivity contribution in [3.8, 4) is 0 Å². The summed E-state index contributed by atoms with van der Waals surface area (Å²) in [7, 11) is 0. The van der Waals surface area contributed by atoms with E-state index in [2.05, 4.69) is 6.58 Å². The first-order valence-electron chi connectivity index (χ1n) is 5.40. The van der Waals surface area contributed by atoms with Crippen molar-refractivity contribution in [2.75, 3.05) is 6.61 Å². The second kappa shape index (κ2) is 5.61. The summed E-state index contributed by atoms with van der Waals surface area (Å²) in [6, 6.07) is 5.71. The van der Waals surface area contributed by atoms with Crippen LogP contribution in [0.25, 0.3) is 0 Å². The summed E-state index contributed by atoms with van der Waals surface area (Å²) >= 11 is 0. The summed E-state index contributed by atoms with van der Waals surface area (Å²) in [6.45, 7) is 9.75. The number of aryl methyl sites for hydroxylation is 2. The minimum absolute atomic E-state index is 0.0185. The molecule has 1 rings (SSSR count). The minimum atomic E-state index is -0.417. The fourth-order valence-electron chi connectivity index (χ4n) is 1.42. The molecule has 0 bridgehead atoms. The van der Waals surface area contributed by atoms with Gasteiger partial charge in [-0.3, -0.25) is 4.79 Å². The van der Waals surface area contributed by atoms with Crippen LogP contribution in [-0.2, 0) is 4.74 Å². The number of benzene rings is 1. The minimum Gasteiger partial charge on any atom is -0.366 e. The number of ether oxygens (including phenoxy) is 1. The van der Waals surface area contributed by atoms with E-state index in [9.17, 15) is 4.79 Å². The fourth-order valence-corrected chi connectivity index (χ4v) is 1.42. The number of hydrogen-bond acceptors (Lipinski definition) is 2. The van der Waals surface area contributed by atoms with Crippen LogP contribution in [0.1, 0.15) is 28.4 Å². The number of rotatable bonds is 5. The van der Waals surface area contributed by atoms with Crippen molar-refractivity contribution < 1.29 is 9.53 Å². The van der Waals surface area contributed by atoms with Crippen LogP contribution in [0.3, 0.4) is 0 Å². The van der Waals surface area contributed by atoms with Crippen LogP contribution in [0.4, 0.5) is 0 Å². The lowest BCUT2D eigenvalue weighted by atomic mass is 10.0. The Labute approximate surface area is 96.9 Å². The van der Waals surface area contributed by atoms with Crippen molar-refractivity contribution in [3.63, 3.8) is 0 Å². The van der Waals surface area contributed by atoms with E-state index in [-0.39, 0.29) is 5.78 Å². The molecule has 0 fully saturated rings. The van der Waals surface area contributed by atoms with Gasteiger partial charge in [-0.1, -0.05) is 18.2 Å². The molecule has 0 radical (unpaired) electrons. The van der Waals surface area contributed by atoms with Gasteiger partial charge >= 0.3 is 0 Å². The average molecular weight is 218 g/mol. The van der Waals surface area contributed by atoms with Crippen LogP contribution in [0.15, 0.2) is 30.9 Å². The average Bonchev–Trinajstić information content (AvgIpc) is 2.28. The molecule has 0 spiro atoms. The first-order chi connectivity index (χ1) is 7.56. The van der Waals surface area contributed by atoms with Crippen molar-refractivity contribution in [2.45, 2.75) is 26.9 Å². The maximum Gasteiger partial charge on any atom is 0.191 e. The molecule has 1 unspecified atom stereocenters. The molecule has 2 nitrogen and oxygen atoms in total. The summed E-state index contributed by atoms with van der Waals surface area (Å²) < 4.78 is 5.31. The van der Waals surface area contributed by atoms with Gasteiger partial charge < -0.3 is 4.74 Å². The zero-order valence-corrected chi connectivity index (χ0v) is 10.1. The molecule has 0 N–H and O–H groups in total. The van der Waals surface area contributed by atoms with E-state index >= 15 is 0 Å². The third kappa shape index (κ3) is 3.04. The number of ketones is 1. The second-order valence-electron chi connectivity index (χ2n) is 3.93. The number of carbonyl (C=O) groups is 1. The summed E-state index contributed by atoms with van der Waals surface area (Å²) in [5.41, 5.74) is 3.03. The van der Waals surface area contributed by atoms with E-state index in [1.807, 2.05) is 32.0 Å². The topological polar surface area (TPSA) is 26.3 Å². The van der Waals surface area contributed by atoms with Gasteiger partial charge in [0.05, 0.1) is 6.61 Å². The van der Waals surface area contributed by atoms with Gasteiger partial charge in [-0.2, -0.15) is 0 Å². The summed E-state index contributed by atoms with van der Waals surface area (Å²) in [6.07, 6.45) is 1.23. The zero-order chi connectivity index (χ0) is 12.1. The zero-order valence-electron chi connectivity index (χ0n) is 10.1. The lowest BCUT2D eigenvalue weighted by Crippen LogP contribution is -2.21. The fraction of sp³-hybridized carbons (Fsp3) is 0.357. The molecule has 2 heteroatoms. The highest BCUT2D eigenvalue weighted by Gasteiger charge is 2.15. The largest absolute Gasteiger partial charge is 0.366 e. The molecule has 86 valence electrons. The van der Waals surface area contributed by atoms with Crippen LogP contribution >= 0.6 is 0 Å². The Hall–Kier alpha value is -1.41. The second-order valence-corrected chi connectivity index (χ2v) is 3.93. The Morgan fingerprint density at radius 3 is 2.69 bits per heavy atom. The van der Waals surface area contributed by atoms with Crippen molar-refractivity contribution in [3.05, 3.63) is 47.5 Å². The Morgan fingerprint density at radius 1 is 1.44 bits per heavy atom. The van der Waals surface area contributed by atoms with Crippen molar-refractivity contribution in [1.82, 2.24) is 0 Å². The third-order valence-electron chi connectivity index (χ3n) is 2.62. The normalized spacial score (nSPS) is 12.2. The Balaban J connectivity index is 2.79. The van der Waals surface area contributed by atoms with Gasteiger partial charge in [0.1, 0.15) is 6.10 Å². The standard InChI is InChI=1S/C14H18O2/c1-5-8-16-12(4)14(15)13-7-6-10(2)11(3)9-13/h5-7,9,12H,1,8H2,2-4H3. The van der Waals surface area contributed by atoms with Crippen LogP contribution in [0.5, 0.6) is 0 Å². The van der Waals surface area contributed by atoms with E-state index in [0.29, 0.717) is 12.2 Å². The van der Waals surface area contributed by atoms with Crippen LogP contribution in [-0.4, -0.2) is 18.5 Å². The smallest absolute Gasteiger partial charge is 0.191 e. The Morgan fingerprint density at radius 2 is 2.12 bits per heavy atom. The molecule has 0 aliphatic carbocycles. The maximum atomic E-state index is 12.0. The molecule has 0 heterocycles. The lowest BCUT2D eigenvalue weighted by Gasteiger charge is -2.11. The van der Waals surface area contributed by atoms with Gasteiger partial charge in [-0.15, -0.1) is 6.58 Å². The van der Waals surface area contributed by atoms with Crippen molar-refractivity contribution in [1.29, 1.82) is 0 Å². The van der Waals surface area contributed by atoms with E-state index in [4.69, 9.17) is 4.74 Å². The van der Waals surface area contributed by atoms with E-state index < -0.39 is 6.10 Å². The molecular formula is C14H18O2. The molecule has 0 saturated carbocycles. The Bertz CT molecular complexity index is 394. The molecular weight excluding hydrogens is 200 g/mol. The van der Waals surface area contributed by atoms with Gasteiger partial charge in [0.15, 0.2) is 5.78 Å². The summed E-state index contributed by atoms with van der Waals surface area (Å²) in [5, 5.41) is 0. The van der Waals surface area contributed by atoms with Crippen LogP contribution in [0.2, 0.25) is 0 Å². The third-order valence-corrected chi connectivity index (χ3v) is 2.62. The molecule has 1 atom stereocenters. The molecule has 0 saturated heterocycles. The molecule has 0 aliphatic rings. The monoisotopic (exact) mass is 218 g/mol. The highest BCUT2D eigenvalue weighted by molar-refractivity contribution is 5.99. The van der Waals surface area contributed by atoms with Crippen molar-refractivity contribution in [2.24, 2.45) is 0 Å². The Kier molecular flexibility index (Phi) is 4.44. The van der Waals surface area contributed by atoms with Gasteiger partial charge in [0, 0.05) is 5.56 Å². The molecule has 0 aromatic heterocycles. The van der Waals surface area contributed by atoms with E-state index in [1.54, 1.807) is 13.0 Å². The number of carbonyl (C=O) groups excluding carboxylic acids is 1. The van der Waals surface area contributed by atoms with Gasteiger partial charge in [0.2, 0.25) is 0 Å². The SMILES string of the molecule is C=CCOC(C)C(=O)c1ccc(C)c(C)c1. The lowest BCUT2D eigenvalue weighted by molar-refractivity contribution is 0.0566. The van der Waals surface area contributed by atoms with Gasteiger partial charge in [0.25, 0.3) is 0 Å². The molecule has 0 amide bonds. The first kappa shape index (κ1) is 12.7. The van der Waals surface area contributed by atoms with Crippen LogP contribution in [0, 0.1) is 13.8 Å². The van der Waals surface area contributed by atoms with Gasteiger partial charge in [-0.05, 0) is 38.0 Å². The summed E-state index contributed by atoms with van der Waals surface area (Å²) in [5.74, 6) is 0.0185. The molecule has 16 heavy (non-hydrogen) atoms. The van der Waals surface area contributed by atoms with Crippen LogP contribution < -0.4 is 0 Å². The molecule has 0 aliphatic heterocycles. The van der Waals surface area contributed by atoms with E-state index in [0.717, 1.165) is 5.56 Å². The highest BCUT2D eigenvalue weighted by Crippen LogP contribution is 2.12.